The minimum absolute atomic E-state index is 0.0339. The number of hydrogen-bond acceptors (Lipinski definition) is 5. The molecule has 1 atom stereocenters. The van der Waals surface area contributed by atoms with Gasteiger partial charge in [-0.25, -0.2) is 13.1 Å². The lowest BCUT2D eigenvalue weighted by molar-refractivity contribution is 0.407. The molecule has 1 unspecified atom stereocenters. The molecule has 1 aliphatic heterocycles. The van der Waals surface area contributed by atoms with E-state index >= 15 is 0 Å². The lowest BCUT2D eigenvalue weighted by atomic mass is 10.2. The second kappa shape index (κ2) is 6.09. The minimum Gasteiger partial charge on any atom is -0.496 e. The van der Waals surface area contributed by atoms with Gasteiger partial charge in [0.15, 0.2) is 0 Å². The second-order valence-corrected chi connectivity index (χ2v) is 6.76. The third-order valence-electron chi connectivity index (χ3n) is 3.50. The molecule has 1 aromatic carbocycles. The monoisotopic (exact) mass is 299 g/mol. The molecule has 6 nitrogen and oxygen atoms in total. The van der Waals surface area contributed by atoms with Crippen molar-refractivity contribution in [1.82, 2.24) is 9.62 Å². The summed E-state index contributed by atoms with van der Waals surface area (Å²) >= 11 is 0. The van der Waals surface area contributed by atoms with Crippen molar-refractivity contribution < 1.29 is 13.2 Å². The number of methoxy groups -OCH3 is 1. The van der Waals surface area contributed by atoms with Crippen LogP contribution in [0.15, 0.2) is 23.1 Å². The lowest BCUT2D eigenvalue weighted by Crippen LogP contribution is -2.36. The highest BCUT2D eigenvalue weighted by molar-refractivity contribution is 7.89. The van der Waals surface area contributed by atoms with Crippen LogP contribution < -0.4 is 15.2 Å². The topological polar surface area (TPSA) is 84.7 Å². The molecule has 0 aliphatic carbocycles. The molecule has 1 saturated heterocycles. The number of benzene rings is 1. The van der Waals surface area contributed by atoms with Crippen LogP contribution in [0.4, 0.5) is 0 Å². The van der Waals surface area contributed by atoms with E-state index in [0.29, 0.717) is 11.3 Å². The van der Waals surface area contributed by atoms with Crippen LogP contribution in [0, 0.1) is 0 Å². The molecule has 2 rings (SSSR count). The Labute approximate surface area is 120 Å². The van der Waals surface area contributed by atoms with E-state index in [9.17, 15) is 8.42 Å². The Kier molecular flexibility index (Phi) is 4.64. The first kappa shape index (κ1) is 15.2. The van der Waals surface area contributed by atoms with Crippen LogP contribution >= 0.6 is 0 Å². The van der Waals surface area contributed by atoms with Crippen molar-refractivity contribution in [2.45, 2.75) is 23.9 Å². The highest BCUT2D eigenvalue weighted by Crippen LogP contribution is 2.22. The highest BCUT2D eigenvalue weighted by Gasteiger charge is 2.25. The van der Waals surface area contributed by atoms with E-state index in [-0.39, 0.29) is 17.5 Å². The predicted octanol–water partition coefficient (Wildman–Crippen LogP) is 0.136. The Bertz CT molecular complexity index is 574. The molecular formula is C13H21N3O3S. The van der Waals surface area contributed by atoms with Gasteiger partial charge in [-0.1, -0.05) is 0 Å². The number of nitrogens with zero attached hydrogens (tertiary/aromatic N) is 1. The predicted molar refractivity (Wildman–Crippen MR) is 77.1 cm³/mol. The van der Waals surface area contributed by atoms with Crippen molar-refractivity contribution in [2.24, 2.45) is 5.73 Å². The summed E-state index contributed by atoms with van der Waals surface area (Å²) in [6, 6.07) is 4.71. The Morgan fingerprint density at radius 2 is 2.25 bits per heavy atom. The zero-order valence-corrected chi connectivity index (χ0v) is 12.6. The quantitative estimate of drug-likeness (QED) is 0.808. The molecule has 20 heavy (non-hydrogen) atoms. The third kappa shape index (κ3) is 3.29. The fourth-order valence-electron chi connectivity index (χ4n) is 2.40. The number of nitrogens with one attached hydrogen (secondary N) is 1. The first-order valence-electron chi connectivity index (χ1n) is 6.54. The van der Waals surface area contributed by atoms with Crippen molar-refractivity contribution in [3.05, 3.63) is 23.8 Å². The van der Waals surface area contributed by atoms with Gasteiger partial charge in [-0.05, 0) is 38.2 Å². The van der Waals surface area contributed by atoms with Crippen molar-refractivity contribution in [2.75, 3.05) is 27.2 Å². The number of likely N-dealkylation sites (tertiary alicyclic amines) is 1. The Balaban J connectivity index is 2.21. The van der Waals surface area contributed by atoms with Gasteiger partial charge in [0, 0.05) is 24.7 Å². The van der Waals surface area contributed by atoms with Crippen LogP contribution in [0.25, 0.3) is 0 Å². The number of hydrogen-bond donors (Lipinski definition) is 2. The molecular weight excluding hydrogens is 278 g/mol. The van der Waals surface area contributed by atoms with Crippen molar-refractivity contribution in [3.8, 4) is 5.75 Å². The van der Waals surface area contributed by atoms with Crippen LogP contribution in [-0.4, -0.2) is 46.6 Å². The maximum absolute atomic E-state index is 12.4. The van der Waals surface area contributed by atoms with Gasteiger partial charge in [-0.3, -0.25) is 0 Å². The maximum atomic E-state index is 12.4. The summed E-state index contributed by atoms with van der Waals surface area (Å²) in [5, 5.41) is 0. The number of rotatable bonds is 5. The summed E-state index contributed by atoms with van der Waals surface area (Å²) < 4.78 is 32.6. The van der Waals surface area contributed by atoms with Gasteiger partial charge < -0.3 is 15.4 Å². The van der Waals surface area contributed by atoms with Crippen molar-refractivity contribution in [1.29, 1.82) is 0 Å². The van der Waals surface area contributed by atoms with Gasteiger partial charge in [-0.15, -0.1) is 0 Å². The second-order valence-electron chi connectivity index (χ2n) is 5.05. The SMILES string of the molecule is COc1ccc(S(=O)(=O)NC2CCN(C)C2)cc1CN. The van der Waals surface area contributed by atoms with Crippen LogP contribution in [0.2, 0.25) is 0 Å². The molecule has 1 fully saturated rings. The average molecular weight is 299 g/mol. The van der Waals surface area contributed by atoms with Crippen LogP contribution in [0.5, 0.6) is 5.75 Å². The minimum atomic E-state index is -3.51. The molecule has 0 saturated carbocycles. The lowest BCUT2D eigenvalue weighted by Gasteiger charge is -2.14. The molecule has 1 aliphatic rings. The summed E-state index contributed by atoms with van der Waals surface area (Å²) in [5.74, 6) is 0.604. The molecule has 1 heterocycles. The van der Waals surface area contributed by atoms with Gasteiger partial charge in [0.25, 0.3) is 0 Å². The Hall–Kier alpha value is -1.15. The van der Waals surface area contributed by atoms with E-state index in [1.165, 1.54) is 7.11 Å². The summed E-state index contributed by atoms with van der Waals surface area (Å²) in [6.45, 7) is 1.88. The summed E-state index contributed by atoms with van der Waals surface area (Å²) in [6.07, 6.45) is 0.829. The largest absolute Gasteiger partial charge is 0.496 e. The van der Waals surface area contributed by atoms with Gasteiger partial charge in [0.1, 0.15) is 5.75 Å². The number of nitrogens with two attached hydrogens (primary N) is 1. The van der Waals surface area contributed by atoms with Crippen LogP contribution in [0.1, 0.15) is 12.0 Å². The standard InChI is InChI=1S/C13H21N3O3S/c1-16-6-5-11(9-16)15-20(17,18)12-3-4-13(19-2)10(7-12)8-14/h3-4,7,11,15H,5-6,8-9,14H2,1-2H3. The van der Waals surface area contributed by atoms with Gasteiger partial charge >= 0.3 is 0 Å². The molecule has 3 N–H and O–H groups in total. The summed E-state index contributed by atoms with van der Waals surface area (Å²) in [7, 11) is 0.00487. The van der Waals surface area contributed by atoms with E-state index in [1.807, 2.05) is 7.05 Å². The number of likely N-dealkylation sites (N-methyl/N-ethyl adjacent to an activating group) is 1. The van der Waals surface area contributed by atoms with Crippen molar-refractivity contribution in [3.63, 3.8) is 0 Å². The molecule has 0 spiro atoms. The van der Waals surface area contributed by atoms with E-state index in [1.54, 1.807) is 18.2 Å². The summed E-state index contributed by atoms with van der Waals surface area (Å²) in [5.41, 5.74) is 6.30. The maximum Gasteiger partial charge on any atom is 0.240 e. The summed E-state index contributed by atoms with van der Waals surface area (Å²) in [4.78, 5) is 2.33. The number of sulfonamides is 1. The van der Waals surface area contributed by atoms with Gasteiger partial charge in [0.2, 0.25) is 10.0 Å². The molecule has 0 bridgehead atoms. The fraction of sp³-hybridized carbons (Fsp3) is 0.538. The Morgan fingerprint density at radius 1 is 1.50 bits per heavy atom. The van der Waals surface area contributed by atoms with E-state index in [0.717, 1.165) is 19.5 Å². The first-order chi connectivity index (χ1) is 9.46. The van der Waals surface area contributed by atoms with Crippen LogP contribution in [-0.2, 0) is 16.6 Å². The van der Waals surface area contributed by atoms with Gasteiger partial charge in [0.05, 0.1) is 12.0 Å². The van der Waals surface area contributed by atoms with Crippen LogP contribution in [0.3, 0.4) is 0 Å². The molecule has 7 heteroatoms. The van der Waals surface area contributed by atoms with E-state index < -0.39 is 10.0 Å². The first-order valence-corrected chi connectivity index (χ1v) is 8.02. The van der Waals surface area contributed by atoms with Gasteiger partial charge in [-0.2, -0.15) is 0 Å². The zero-order chi connectivity index (χ0) is 14.8. The molecule has 0 aromatic heterocycles. The average Bonchev–Trinajstić information content (AvgIpc) is 2.82. The normalized spacial score (nSPS) is 20.2. The molecule has 0 radical (unpaired) electrons. The highest BCUT2D eigenvalue weighted by atomic mass is 32.2. The molecule has 112 valence electrons. The third-order valence-corrected chi connectivity index (χ3v) is 5.01. The van der Waals surface area contributed by atoms with E-state index in [2.05, 4.69) is 9.62 Å². The fourth-order valence-corrected chi connectivity index (χ4v) is 3.71. The number of ether oxygens (including phenoxy) is 1. The smallest absolute Gasteiger partial charge is 0.240 e. The van der Waals surface area contributed by atoms with E-state index in [4.69, 9.17) is 10.5 Å². The zero-order valence-electron chi connectivity index (χ0n) is 11.8. The Morgan fingerprint density at radius 3 is 2.80 bits per heavy atom. The van der Waals surface area contributed by atoms with Crippen molar-refractivity contribution >= 4 is 10.0 Å². The molecule has 0 amide bonds. The molecule has 1 aromatic rings.